The van der Waals surface area contributed by atoms with Crippen LogP contribution in [0.4, 0.5) is 0 Å². The number of hydrogen-bond donors (Lipinski definition) is 0. The second-order valence-electron chi connectivity index (χ2n) is 8.04. The van der Waals surface area contributed by atoms with E-state index in [1.807, 2.05) is 48.5 Å². The Morgan fingerprint density at radius 2 is 1.37 bits per heavy atom. The van der Waals surface area contributed by atoms with Crippen molar-refractivity contribution in [3.8, 4) is 0 Å². The molecule has 0 saturated carbocycles. The van der Waals surface area contributed by atoms with Gasteiger partial charge in [-0.05, 0) is 35.8 Å². The zero-order valence-electron chi connectivity index (χ0n) is 19.3. The number of benzene rings is 3. The molecule has 2 aliphatic rings. The van der Waals surface area contributed by atoms with E-state index in [0.29, 0.717) is 15.8 Å². The van der Waals surface area contributed by atoms with E-state index in [1.54, 1.807) is 16.7 Å². The number of hydrogen-bond acceptors (Lipinski definition) is 5. The first-order valence-electron chi connectivity index (χ1n) is 11.5. The average Bonchev–Trinajstić information content (AvgIpc) is 3.41. The number of rotatable bonds is 6. The summed E-state index contributed by atoms with van der Waals surface area (Å²) in [5, 5.41) is 1.10. The van der Waals surface area contributed by atoms with Gasteiger partial charge in [0.2, 0.25) is 0 Å². The fourth-order valence-electron chi connectivity index (χ4n) is 4.11. The first-order chi connectivity index (χ1) is 17.2. The van der Waals surface area contributed by atoms with Crippen molar-refractivity contribution >= 4 is 56.6 Å². The molecule has 5 rings (SSSR count). The number of amides is 1. The van der Waals surface area contributed by atoms with Gasteiger partial charge in [0.25, 0.3) is 5.91 Å². The van der Waals surface area contributed by atoms with E-state index in [0.717, 1.165) is 17.1 Å². The smallest absolute Gasteiger partial charge is 0.266 e. The molecule has 3 aromatic rings. The van der Waals surface area contributed by atoms with Crippen molar-refractivity contribution in [1.29, 1.82) is 0 Å². The maximum absolute atomic E-state index is 13.1. The van der Waals surface area contributed by atoms with E-state index in [2.05, 4.69) is 66.4 Å². The summed E-state index contributed by atoms with van der Waals surface area (Å²) in [6, 6.07) is 30.9. The van der Waals surface area contributed by atoms with Gasteiger partial charge >= 0.3 is 0 Å². The zero-order chi connectivity index (χ0) is 24.2. The third-order valence-corrected chi connectivity index (χ3v) is 8.39. The molecule has 3 nitrogen and oxygen atoms in total. The Labute approximate surface area is 220 Å². The van der Waals surface area contributed by atoms with Crippen LogP contribution in [0.1, 0.15) is 23.6 Å². The van der Waals surface area contributed by atoms with Gasteiger partial charge in [0.05, 0.1) is 22.2 Å². The molecular formula is C29H24N2OS3. The summed E-state index contributed by atoms with van der Waals surface area (Å²) in [7, 11) is 0. The highest BCUT2D eigenvalue weighted by Gasteiger charge is 2.33. The van der Waals surface area contributed by atoms with E-state index in [-0.39, 0.29) is 5.91 Å². The molecule has 1 saturated heterocycles. The Bertz CT molecular complexity index is 1330. The monoisotopic (exact) mass is 512 g/mol. The number of allylic oxidation sites excluding steroid dienone is 2. The lowest BCUT2D eigenvalue weighted by molar-refractivity contribution is -0.122. The lowest BCUT2D eigenvalue weighted by Crippen LogP contribution is -2.27. The topological polar surface area (TPSA) is 23.6 Å². The van der Waals surface area contributed by atoms with E-state index in [4.69, 9.17) is 12.2 Å². The molecule has 1 amide bonds. The number of carbonyl (C=O) groups is 1. The molecule has 35 heavy (non-hydrogen) atoms. The Morgan fingerprint density at radius 1 is 0.771 bits per heavy atom. The molecule has 1 fully saturated rings. The van der Waals surface area contributed by atoms with Crippen LogP contribution in [0.15, 0.2) is 113 Å². The van der Waals surface area contributed by atoms with Gasteiger partial charge < -0.3 is 4.90 Å². The average molecular weight is 513 g/mol. The second-order valence-corrected chi connectivity index (χ2v) is 10.7. The summed E-state index contributed by atoms with van der Waals surface area (Å²) in [5.74, 6) is -0.0359. The highest BCUT2D eigenvalue weighted by Crippen LogP contribution is 2.50. The fourth-order valence-corrected chi connectivity index (χ4v) is 6.56. The maximum Gasteiger partial charge on any atom is 0.266 e. The molecule has 0 atom stereocenters. The molecule has 174 valence electrons. The molecule has 2 aliphatic heterocycles. The molecule has 0 aliphatic carbocycles. The van der Waals surface area contributed by atoms with Crippen LogP contribution in [0.25, 0.3) is 10.6 Å². The molecule has 3 aromatic carbocycles. The number of thiocarbonyl (C=S) groups is 1. The van der Waals surface area contributed by atoms with Gasteiger partial charge in [0.15, 0.2) is 0 Å². The van der Waals surface area contributed by atoms with Crippen molar-refractivity contribution in [1.82, 2.24) is 9.80 Å². The first kappa shape index (κ1) is 23.7. The third-order valence-electron chi connectivity index (χ3n) is 5.79. The van der Waals surface area contributed by atoms with Gasteiger partial charge in [-0.15, -0.1) is 0 Å². The summed E-state index contributed by atoms with van der Waals surface area (Å²) < 4.78 is 0.600. The fraction of sp³-hybridized carbons (Fsp3) is 0.103. The number of thioether (sulfide) groups is 2. The van der Waals surface area contributed by atoms with Gasteiger partial charge in [0.1, 0.15) is 4.32 Å². The molecule has 0 unspecified atom stereocenters. The Morgan fingerprint density at radius 3 is 2.00 bits per heavy atom. The number of carbonyl (C=O) groups excluding carboxylic acids is 1. The van der Waals surface area contributed by atoms with Crippen LogP contribution in [0.2, 0.25) is 0 Å². The summed E-state index contributed by atoms with van der Waals surface area (Å²) >= 11 is 8.65. The molecule has 0 radical (unpaired) electrons. The van der Waals surface area contributed by atoms with E-state index < -0.39 is 0 Å². The molecule has 0 N–H and O–H groups in total. The van der Waals surface area contributed by atoms with E-state index >= 15 is 0 Å². The van der Waals surface area contributed by atoms with Crippen LogP contribution in [0.5, 0.6) is 0 Å². The van der Waals surface area contributed by atoms with Crippen LogP contribution >= 0.6 is 35.7 Å². The summed E-state index contributed by atoms with van der Waals surface area (Å²) in [5.41, 5.74) is 4.63. The van der Waals surface area contributed by atoms with Crippen LogP contribution in [-0.4, -0.2) is 26.6 Å². The summed E-state index contributed by atoms with van der Waals surface area (Å²) in [6.07, 6.45) is 3.98. The highest BCUT2D eigenvalue weighted by atomic mass is 32.2. The minimum absolute atomic E-state index is 0.0359. The zero-order valence-corrected chi connectivity index (χ0v) is 21.7. The SMILES string of the molecule is CCN1C(=CC=C2SC(=S)N(Cc3ccccc3)C2=O)SC(c2ccccc2)=C1c1ccccc1. The van der Waals surface area contributed by atoms with Crippen molar-refractivity contribution in [2.24, 2.45) is 0 Å². The van der Waals surface area contributed by atoms with Crippen molar-refractivity contribution in [2.75, 3.05) is 6.54 Å². The van der Waals surface area contributed by atoms with Gasteiger partial charge in [0, 0.05) is 11.4 Å². The molecule has 2 heterocycles. The highest BCUT2D eigenvalue weighted by molar-refractivity contribution is 8.26. The number of nitrogens with zero attached hydrogens (tertiary/aromatic N) is 2. The predicted molar refractivity (Wildman–Crippen MR) is 153 cm³/mol. The largest absolute Gasteiger partial charge is 0.335 e. The third kappa shape index (κ3) is 5.01. The predicted octanol–water partition coefficient (Wildman–Crippen LogP) is 7.37. The van der Waals surface area contributed by atoms with Gasteiger partial charge in [-0.1, -0.05) is 127 Å². The van der Waals surface area contributed by atoms with Gasteiger partial charge in [-0.3, -0.25) is 9.69 Å². The van der Waals surface area contributed by atoms with Gasteiger partial charge in [-0.2, -0.15) is 0 Å². The lowest BCUT2D eigenvalue weighted by atomic mass is 10.1. The molecule has 0 aromatic heterocycles. The normalized spacial score (nSPS) is 18.4. The Kier molecular flexibility index (Phi) is 7.23. The Balaban J connectivity index is 1.45. The van der Waals surface area contributed by atoms with E-state index in [1.165, 1.54) is 33.5 Å². The van der Waals surface area contributed by atoms with Crippen molar-refractivity contribution in [3.05, 3.63) is 130 Å². The van der Waals surface area contributed by atoms with Crippen molar-refractivity contribution in [3.63, 3.8) is 0 Å². The molecule has 0 spiro atoms. The van der Waals surface area contributed by atoms with Gasteiger partial charge in [-0.25, -0.2) is 0 Å². The molecule has 0 bridgehead atoms. The molecular weight excluding hydrogens is 489 g/mol. The van der Waals surface area contributed by atoms with Crippen LogP contribution < -0.4 is 0 Å². The minimum atomic E-state index is -0.0359. The summed E-state index contributed by atoms with van der Waals surface area (Å²) in [4.78, 5) is 19.0. The quantitative estimate of drug-likeness (QED) is 0.254. The standard InChI is InChI=1S/C29H24N2OS3/c1-2-30-25(19-18-24-28(32)31(29(33)34-24)20-21-12-6-3-7-13-21)35-27(23-16-10-5-11-17-23)26(30)22-14-8-4-9-15-22/h3-19H,2,20H2,1H3. The maximum atomic E-state index is 13.1. The summed E-state index contributed by atoms with van der Waals surface area (Å²) in [6.45, 7) is 3.47. The van der Waals surface area contributed by atoms with Crippen LogP contribution in [0.3, 0.4) is 0 Å². The minimum Gasteiger partial charge on any atom is -0.335 e. The van der Waals surface area contributed by atoms with Crippen LogP contribution in [0, 0.1) is 0 Å². The molecule has 6 heteroatoms. The van der Waals surface area contributed by atoms with Crippen molar-refractivity contribution in [2.45, 2.75) is 13.5 Å². The second kappa shape index (κ2) is 10.7. The van der Waals surface area contributed by atoms with E-state index in [9.17, 15) is 4.79 Å². The first-order valence-corrected chi connectivity index (χ1v) is 13.5. The Hall–Kier alpha value is -3.06. The lowest BCUT2D eigenvalue weighted by Gasteiger charge is -2.21. The van der Waals surface area contributed by atoms with Crippen molar-refractivity contribution < 1.29 is 4.79 Å². The van der Waals surface area contributed by atoms with Crippen LogP contribution in [-0.2, 0) is 11.3 Å².